The molecule has 0 spiro atoms. The second-order valence-corrected chi connectivity index (χ2v) is 6.84. The summed E-state index contributed by atoms with van der Waals surface area (Å²) in [6.45, 7) is 2.92. The molecule has 1 atom stereocenters. The second kappa shape index (κ2) is 5.89. The van der Waals surface area contributed by atoms with Gasteiger partial charge in [0.1, 0.15) is 0 Å². The third-order valence-corrected chi connectivity index (χ3v) is 4.87. The van der Waals surface area contributed by atoms with Crippen molar-refractivity contribution in [3.8, 4) is 0 Å². The molecule has 1 aromatic rings. The standard InChI is InChI=1S/C14H16ClIN2O2/c1-14(13(20)17-2)5-6-18(8-14)12(19)10-7-9(15)3-4-11(10)16/h3-4,7H,5-6,8H2,1-2H3,(H,17,20). The lowest BCUT2D eigenvalue weighted by molar-refractivity contribution is -0.128. The molecule has 1 N–H and O–H groups in total. The van der Waals surface area contributed by atoms with Gasteiger partial charge in [-0.2, -0.15) is 0 Å². The Kier molecular flexibility index (Phi) is 4.59. The van der Waals surface area contributed by atoms with Gasteiger partial charge < -0.3 is 10.2 Å². The highest BCUT2D eigenvalue weighted by Crippen LogP contribution is 2.31. The van der Waals surface area contributed by atoms with Gasteiger partial charge in [-0.05, 0) is 54.1 Å². The van der Waals surface area contributed by atoms with Crippen LogP contribution in [-0.4, -0.2) is 36.9 Å². The lowest BCUT2D eigenvalue weighted by Gasteiger charge is -2.23. The van der Waals surface area contributed by atoms with Crippen LogP contribution in [-0.2, 0) is 4.79 Å². The van der Waals surface area contributed by atoms with Crippen LogP contribution in [0.2, 0.25) is 5.02 Å². The summed E-state index contributed by atoms with van der Waals surface area (Å²) in [5, 5.41) is 3.21. The van der Waals surface area contributed by atoms with E-state index in [0.29, 0.717) is 30.1 Å². The van der Waals surface area contributed by atoms with Crippen molar-refractivity contribution < 1.29 is 9.59 Å². The molecule has 0 aliphatic carbocycles. The molecule has 1 aliphatic heterocycles. The van der Waals surface area contributed by atoms with Crippen LogP contribution in [0.15, 0.2) is 18.2 Å². The van der Waals surface area contributed by atoms with Crippen LogP contribution in [0.5, 0.6) is 0 Å². The molecule has 0 bridgehead atoms. The number of hydrogen-bond acceptors (Lipinski definition) is 2. The van der Waals surface area contributed by atoms with Crippen LogP contribution < -0.4 is 5.32 Å². The van der Waals surface area contributed by atoms with E-state index in [1.165, 1.54) is 0 Å². The Morgan fingerprint density at radius 1 is 1.45 bits per heavy atom. The molecule has 2 rings (SSSR count). The van der Waals surface area contributed by atoms with Crippen LogP contribution in [0.1, 0.15) is 23.7 Å². The van der Waals surface area contributed by atoms with Gasteiger partial charge in [0.25, 0.3) is 5.91 Å². The van der Waals surface area contributed by atoms with Gasteiger partial charge in [0.15, 0.2) is 0 Å². The van der Waals surface area contributed by atoms with Crippen molar-refractivity contribution in [2.24, 2.45) is 5.41 Å². The van der Waals surface area contributed by atoms with Gasteiger partial charge in [-0.1, -0.05) is 11.6 Å². The predicted molar refractivity (Wildman–Crippen MR) is 86.9 cm³/mol. The highest BCUT2D eigenvalue weighted by atomic mass is 127. The van der Waals surface area contributed by atoms with E-state index < -0.39 is 5.41 Å². The fraction of sp³-hybridized carbons (Fsp3) is 0.429. The van der Waals surface area contributed by atoms with Crippen molar-refractivity contribution in [3.05, 3.63) is 32.4 Å². The lowest BCUT2D eigenvalue weighted by Crippen LogP contribution is -2.40. The highest BCUT2D eigenvalue weighted by molar-refractivity contribution is 14.1. The number of hydrogen-bond donors (Lipinski definition) is 1. The van der Waals surface area contributed by atoms with Crippen molar-refractivity contribution in [1.29, 1.82) is 0 Å². The van der Waals surface area contributed by atoms with E-state index in [0.717, 1.165) is 3.57 Å². The van der Waals surface area contributed by atoms with Gasteiger partial charge in [0.2, 0.25) is 5.91 Å². The fourth-order valence-electron chi connectivity index (χ4n) is 2.45. The Morgan fingerprint density at radius 3 is 2.80 bits per heavy atom. The average molecular weight is 407 g/mol. The molecule has 4 nitrogen and oxygen atoms in total. The third-order valence-electron chi connectivity index (χ3n) is 3.69. The molecule has 6 heteroatoms. The van der Waals surface area contributed by atoms with Gasteiger partial charge in [-0.15, -0.1) is 0 Å². The van der Waals surface area contributed by atoms with Crippen LogP contribution in [0.4, 0.5) is 0 Å². The Balaban J connectivity index is 2.20. The first-order valence-corrected chi connectivity index (χ1v) is 7.79. The summed E-state index contributed by atoms with van der Waals surface area (Å²) >= 11 is 8.08. The van der Waals surface area contributed by atoms with Crippen molar-refractivity contribution in [2.45, 2.75) is 13.3 Å². The summed E-state index contributed by atoms with van der Waals surface area (Å²) in [5.41, 5.74) is 0.0910. The molecule has 1 heterocycles. The Bertz CT molecular complexity index is 564. The van der Waals surface area contributed by atoms with Crippen molar-refractivity contribution in [1.82, 2.24) is 10.2 Å². The van der Waals surface area contributed by atoms with Crippen LogP contribution in [0, 0.1) is 8.99 Å². The van der Waals surface area contributed by atoms with E-state index >= 15 is 0 Å². The van der Waals surface area contributed by atoms with E-state index in [1.807, 2.05) is 13.0 Å². The molecule has 1 aliphatic rings. The zero-order chi connectivity index (χ0) is 14.9. The Morgan fingerprint density at radius 2 is 2.15 bits per heavy atom. The van der Waals surface area contributed by atoms with Crippen molar-refractivity contribution in [2.75, 3.05) is 20.1 Å². The number of carbonyl (C=O) groups is 2. The number of nitrogens with zero attached hydrogens (tertiary/aromatic N) is 1. The first kappa shape index (κ1) is 15.6. The normalized spacial score (nSPS) is 21.9. The molecule has 1 fully saturated rings. The van der Waals surface area contributed by atoms with E-state index in [-0.39, 0.29) is 11.8 Å². The molecule has 0 saturated carbocycles. The molecule has 0 aromatic heterocycles. The van der Waals surface area contributed by atoms with Gasteiger partial charge >= 0.3 is 0 Å². The molecule has 1 saturated heterocycles. The summed E-state index contributed by atoms with van der Waals surface area (Å²) in [6, 6.07) is 5.27. The predicted octanol–water partition coefficient (Wildman–Crippen LogP) is 2.54. The number of benzene rings is 1. The molecule has 108 valence electrons. The summed E-state index contributed by atoms with van der Waals surface area (Å²) in [4.78, 5) is 26.2. The van der Waals surface area contributed by atoms with Gasteiger partial charge in [0, 0.05) is 28.7 Å². The number of carbonyl (C=O) groups excluding carboxylic acids is 2. The minimum absolute atomic E-state index is 0.0198. The SMILES string of the molecule is CNC(=O)C1(C)CCN(C(=O)c2cc(Cl)ccc2I)C1. The lowest BCUT2D eigenvalue weighted by atomic mass is 9.89. The minimum atomic E-state index is -0.506. The molecular weight excluding hydrogens is 391 g/mol. The van der Waals surface area contributed by atoms with E-state index in [9.17, 15) is 9.59 Å². The van der Waals surface area contributed by atoms with E-state index in [4.69, 9.17) is 11.6 Å². The smallest absolute Gasteiger partial charge is 0.255 e. The fourth-order valence-corrected chi connectivity index (χ4v) is 3.19. The zero-order valence-electron chi connectivity index (χ0n) is 11.4. The molecule has 0 radical (unpaired) electrons. The monoisotopic (exact) mass is 406 g/mol. The number of likely N-dealkylation sites (tertiary alicyclic amines) is 1. The van der Waals surface area contributed by atoms with Gasteiger partial charge in [0.05, 0.1) is 11.0 Å². The largest absolute Gasteiger partial charge is 0.359 e. The minimum Gasteiger partial charge on any atom is -0.359 e. The van der Waals surface area contributed by atoms with Crippen molar-refractivity contribution >= 4 is 46.0 Å². The number of halogens is 2. The molecule has 20 heavy (non-hydrogen) atoms. The summed E-state index contributed by atoms with van der Waals surface area (Å²) < 4.78 is 0.866. The van der Waals surface area contributed by atoms with Gasteiger partial charge in [-0.25, -0.2) is 0 Å². The highest BCUT2D eigenvalue weighted by Gasteiger charge is 2.41. The van der Waals surface area contributed by atoms with E-state index in [2.05, 4.69) is 27.9 Å². The quantitative estimate of drug-likeness (QED) is 0.768. The number of nitrogens with one attached hydrogen (secondary N) is 1. The summed E-state index contributed by atoms with van der Waals surface area (Å²) in [7, 11) is 1.62. The maximum Gasteiger partial charge on any atom is 0.255 e. The summed E-state index contributed by atoms with van der Waals surface area (Å²) in [5.74, 6) is -0.0851. The first-order valence-electron chi connectivity index (χ1n) is 6.34. The summed E-state index contributed by atoms with van der Waals surface area (Å²) in [6.07, 6.45) is 0.676. The molecule has 1 unspecified atom stereocenters. The maximum atomic E-state index is 12.5. The zero-order valence-corrected chi connectivity index (χ0v) is 14.3. The number of amides is 2. The first-order chi connectivity index (χ1) is 9.37. The second-order valence-electron chi connectivity index (χ2n) is 5.24. The van der Waals surface area contributed by atoms with Crippen LogP contribution >= 0.6 is 34.2 Å². The average Bonchev–Trinajstić information content (AvgIpc) is 2.83. The topological polar surface area (TPSA) is 49.4 Å². The maximum absolute atomic E-state index is 12.5. The van der Waals surface area contributed by atoms with Crippen molar-refractivity contribution in [3.63, 3.8) is 0 Å². The molecule has 1 aromatic carbocycles. The molecule has 2 amide bonds. The van der Waals surface area contributed by atoms with E-state index in [1.54, 1.807) is 24.1 Å². The third kappa shape index (κ3) is 2.93. The van der Waals surface area contributed by atoms with Crippen LogP contribution in [0.3, 0.4) is 0 Å². The molecular formula is C14H16ClIN2O2. The Labute approximate surface area is 137 Å². The van der Waals surface area contributed by atoms with Gasteiger partial charge in [-0.3, -0.25) is 9.59 Å². The van der Waals surface area contributed by atoms with Crippen LogP contribution in [0.25, 0.3) is 0 Å². The Hall–Kier alpha value is -0.820. The number of rotatable bonds is 2.